The van der Waals surface area contributed by atoms with E-state index in [-0.39, 0.29) is 58.0 Å². The van der Waals surface area contributed by atoms with Crippen molar-refractivity contribution in [2.24, 2.45) is 0 Å². The number of hydrogen-bond acceptors (Lipinski definition) is 7. The van der Waals surface area contributed by atoms with E-state index in [1.807, 2.05) is 35.2 Å². The molecule has 0 aliphatic carbocycles. The van der Waals surface area contributed by atoms with E-state index < -0.39 is 0 Å². The Morgan fingerprint density at radius 2 is 1.18 bits per heavy atom. The van der Waals surface area contributed by atoms with Crippen molar-refractivity contribution < 1.29 is 51.7 Å². The van der Waals surface area contributed by atoms with Crippen LogP contribution in [-0.4, -0.2) is 58.3 Å². The van der Waals surface area contributed by atoms with Crippen LogP contribution in [0, 0.1) is 0 Å². The molecule has 0 spiro atoms. The first-order valence-electron chi connectivity index (χ1n) is 8.41. The standard InChI is InChI=1S/C10H15NO2.2C5H8O2.Ti/c12-8-6-11(7-9-13)10-4-2-1-3-5-10;2*1-4(6)3-5(2)7;/h1-5,12-13H,6-9H2;2*3,6H,1-2H3;/b;2*4-3-;. The molecule has 0 heterocycles. The fourth-order valence-electron chi connectivity index (χ4n) is 1.84. The zero-order valence-electron chi connectivity index (χ0n) is 16.9. The Kier molecular flexibility index (Phi) is 21.8. The van der Waals surface area contributed by atoms with Gasteiger partial charge in [0.05, 0.1) is 24.7 Å². The van der Waals surface area contributed by atoms with Gasteiger partial charge in [-0.3, -0.25) is 9.59 Å². The molecule has 0 saturated carbocycles. The van der Waals surface area contributed by atoms with Crippen LogP contribution in [0.1, 0.15) is 27.7 Å². The van der Waals surface area contributed by atoms with E-state index in [0.29, 0.717) is 13.1 Å². The molecule has 0 aliphatic heterocycles. The van der Waals surface area contributed by atoms with Crippen LogP contribution in [0.5, 0.6) is 0 Å². The van der Waals surface area contributed by atoms with Gasteiger partial charge in [-0.25, -0.2) is 0 Å². The number of benzene rings is 1. The number of para-hydroxylation sites is 1. The summed E-state index contributed by atoms with van der Waals surface area (Å²) in [6.07, 6.45) is 2.33. The number of carbonyl (C=O) groups is 2. The van der Waals surface area contributed by atoms with Crippen molar-refractivity contribution in [3.8, 4) is 0 Å². The predicted octanol–water partition coefficient (Wildman–Crippen LogP) is 2.55. The number of nitrogens with zero attached hydrogens (tertiary/aromatic N) is 1. The van der Waals surface area contributed by atoms with Crippen LogP contribution in [-0.2, 0) is 31.3 Å². The number of hydrogen-bond donors (Lipinski definition) is 4. The first kappa shape index (κ1) is 30.8. The molecule has 28 heavy (non-hydrogen) atoms. The van der Waals surface area contributed by atoms with Crippen molar-refractivity contribution in [1.29, 1.82) is 0 Å². The molecule has 0 fully saturated rings. The normalized spacial score (nSPS) is 10.4. The van der Waals surface area contributed by atoms with Gasteiger partial charge in [0.2, 0.25) is 0 Å². The van der Waals surface area contributed by atoms with Crippen molar-refractivity contribution in [3.63, 3.8) is 0 Å². The second-order valence-corrected chi connectivity index (χ2v) is 5.56. The summed E-state index contributed by atoms with van der Waals surface area (Å²) in [5.41, 5.74) is 1.03. The molecule has 156 valence electrons. The Hall–Kier alpha value is -1.93. The molecule has 0 atom stereocenters. The van der Waals surface area contributed by atoms with Gasteiger partial charge in [0.25, 0.3) is 0 Å². The van der Waals surface area contributed by atoms with E-state index in [9.17, 15) is 9.59 Å². The molecule has 4 N–H and O–H groups in total. The van der Waals surface area contributed by atoms with Crippen molar-refractivity contribution >= 4 is 17.3 Å². The largest absolute Gasteiger partial charge is 0.512 e. The van der Waals surface area contributed by atoms with Crippen molar-refractivity contribution in [3.05, 3.63) is 54.0 Å². The molecule has 1 aromatic carbocycles. The molecule has 0 saturated heterocycles. The summed E-state index contributed by atoms with van der Waals surface area (Å²) in [7, 11) is 0. The molecular weight excluding hydrogens is 398 g/mol. The smallest absolute Gasteiger partial charge is 0.155 e. The number of allylic oxidation sites excluding steroid dienone is 4. The molecule has 1 rings (SSSR count). The predicted molar refractivity (Wildman–Crippen MR) is 107 cm³/mol. The Morgan fingerprint density at radius 3 is 1.39 bits per heavy atom. The summed E-state index contributed by atoms with van der Waals surface area (Å²) in [6.45, 7) is 7.03. The van der Waals surface area contributed by atoms with Crippen molar-refractivity contribution in [2.75, 3.05) is 31.2 Å². The minimum atomic E-state index is -0.125. The number of carbonyl (C=O) groups excluding carboxylic acids is 2. The third-order valence-corrected chi connectivity index (χ3v) is 2.69. The van der Waals surface area contributed by atoms with E-state index in [4.69, 9.17) is 20.4 Å². The van der Waals surface area contributed by atoms with Gasteiger partial charge in [-0.2, -0.15) is 0 Å². The number of aliphatic hydroxyl groups is 4. The summed E-state index contributed by atoms with van der Waals surface area (Å²) >= 11 is 0. The number of aliphatic hydroxyl groups excluding tert-OH is 4. The van der Waals surface area contributed by atoms with Gasteiger partial charge < -0.3 is 25.3 Å². The molecule has 0 bridgehead atoms. The molecule has 0 aromatic heterocycles. The third kappa shape index (κ3) is 22.1. The number of ketones is 2. The Labute approximate surface area is 181 Å². The Balaban J connectivity index is -0.000000360. The molecule has 0 unspecified atom stereocenters. The molecule has 1 aromatic rings. The van der Waals surface area contributed by atoms with Gasteiger partial charge in [0.1, 0.15) is 0 Å². The van der Waals surface area contributed by atoms with E-state index in [1.54, 1.807) is 0 Å². The number of rotatable bonds is 7. The zero-order valence-corrected chi connectivity index (χ0v) is 18.5. The monoisotopic (exact) mass is 429 g/mol. The Morgan fingerprint density at radius 1 is 0.821 bits per heavy atom. The van der Waals surface area contributed by atoms with E-state index in [1.165, 1.54) is 39.8 Å². The first-order valence-corrected chi connectivity index (χ1v) is 8.41. The second kappa shape index (κ2) is 19.8. The maximum Gasteiger partial charge on any atom is 0.155 e. The number of anilines is 1. The molecular formula is C20H31NO6Ti. The van der Waals surface area contributed by atoms with Gasteiger partial charge >= 0.3 is 0 Å². The fourth-order valence-corrected chi connectivity index (χ4v) is 1.84. The topological polar surface area (TPSA) is 118 Å². The SMILES string of the molecule is CC(=O)/C=C(/C)O.CC(=O)/C=C(/C)O.OCCN(CCO)c1ccccc1.[Ti]. The van der Waals surface area contributed by atoms with Crippen LogP contribution in [0.2, 0.25) is 0 Å². The van der Waals surface area contributed by atoms with Gasteiger partial charge in [-0.05, 0) is 39.8 Å². The minimum absolute atomic E-state index is 0. The van der Waals surface area contributed by atoms with Crippen LogP contribution < -0.4 is 4.90 Å². The van der Waals surface area contributed by atoms with Gasteiger partial charge in [0, 0.05) is 52.6 Å². The Bertz CT molecular complexity index is 560. The van der Waals surface area contributed by atoms with E-state index in [0.717, 1.165) is 5.69 Å². The molecule has 8 heteroatoms. The minimum Gasteiger partial charge on any atom is -0.512 e. The summed E-state index contributed by atoms with van der Waals surface area (Å²) in [5.74, 6) is -0.125. The summed E-state index contributed by atoms with van der Waals surface area (Å²) in [6, 6.07) is 9.75. The van der Waals surface area contributed by atoms with Gasteiger partial charge in [-0.1, -0.05) is 18.2 Å². The quantitative estimate of drug-likeness (QED) is 0.299. The van der Waals surface area contributed by atoms with Crippen molar-refractivity contribution in [2.45, 2.75) is 27.7 Å². The van der Waals surface area contributed by atoms with Crippen LogP contribution in [0.3, 0.4) is 0 Å². The average molecular weight is 429 g/mol. The molecule has 0 aliphatic rings. The molecule has 0 amide bonds. The third-order valence-electron chi connectivity index (χ3n) is 2.69. The maximum atomic E-state index is 10.0. The zero-order chi connectivity index (χ0) is 21.2. The van der Waals surface area contributed by atoms with Crippen LogP contribution in [0.25, 0.3) is 0 Å². The van der Waals surface area contributed by atoms with Crippen LogP contribution in [0.4, 0.5) is 5.69 Å². The fraction of sp³-hybridized carbons (Fsp3) is 0.400. The van der Waals surface area contributed by atoms with Gasteiger partial charge in [-0.15, -0.1) is 0 Å². The van der Waals surface area contributed by atoms with Crippen LogP contribution >= 0.6 is 0 Å². The van der Waals surface area contributed by atoms with Crippen LogP contribution in [0.15, 0.2) is 54.0 Å². The summed E-state index contributed by atoms with van der Waals surface area (Å²) < 4.78 is 0. The first-order chi connectivity index (χ1) is 12.6. The maximum absolute atomic E-state index is 10.0. The van der Waals surface area contributed by atoms with Crippen molar-refractivity contribution in [1.82, 2.24) is 0 Å². The van der Waals surface area contributed by atoms with Gasteiger partial charge in [0.15, 0.2) is 11.6 Å². The van der Waals surface area contributed by atoms with E-state index >= 15 is 0 Å². The average Bonchev–Trinajstić information content (AvgIpc) is 2.54. The molecule has 0 radical (unpaired) electrons. The second-order valence-electron chi connectivity index (χ2n) is 5.56. The summed E-state index contributed by atoms with van der Waals surface area (Å²) in [5, 5.41) is 34.3. The van der Waals surface area contributed by atoms with E-state index in [2.05, 4.69) is 0 Å². The molecule has 7 nitrogen and oxygen atoms in total. The summed E-state index contributed by atoms with van der Waals surface area (Å²) in [4.78, 5) is 22.0.